The largest absolute Gasteiger partial charge is 0.480 e. The summed E-state index contributed by atoms with van der Waals surface area (Å²) in [5, 5.41) is 11.9. The van der Waals surface area contributed by atoms with Crippen molar-refractivity contribution in [2.45, 2.75) is 37.8 Å². The first-order valence-electron chi connectivity index (χ1n) is 4.26. The zero-order chi connectivity index (χ0) is 7.84. The maximum absolute atomic E-state index is 10.6. The van der Waals surface area contributed by atoms with Crippen molar-refractivity contribution in [1.82, 2.24) is 5.32 Å². The summed E-state index contributed by atoms with van der Waals surface area (Å²) in [6, 6.07) is 0.251. The number of hydrogen-bond acceptors (Lipinski definition) is 2. The average Bonchev–Trinajstić information content (AvgIpc) is 2.40. The minimum absolute atomic E-state index is 0.259. The molecule has 2 N–H and O–H groups in total. The molecule has 2 fully saturated rings. The quantitative estimate of drug-likeness (QED) is 0.583. The highest BCUT2D eigenvalue weighted by Crippen LogP contribution is 2.34. The lowest BCUT2D eigenvalue weighted by Crippen LogP contribution is -2.34. The van der Waals surface area contributed by atoms with Crippen molar-refractivity contribution in [1.29, 1.82) is 0 Å². The maximum atomic E-state index is 10.6. The molecule has 1 saturated heterocycles. The fourth-order valence-corrected chi connectivity index (χ4v) is 2.34. The molecular formula is C8H13NO2. The van der Waals surface area contributed by atoms with Crippen LogP contribution in [0.2, 0.25) is 0 Å². The molecule has 1 aliphatic heterocycles. The summed E-state index contributed by atoms with van der Waals surface area (Å²) in [5.74, 6) is -0.0319. The van der Waals surface area contributed by atoms with Crippen LogP contribution in [0.3, 0.4) is 0 Å². The fourth-order valence-electron chi connectivity index (χ4n) is 2.34. The van der Waals surface area contributed by atoms with E-state index in [1.807, 2.05) is 0 Å². The summed E-state index contributed by atoms with van der Waals surface area (Å²) in [6.45, 7) is 0. The molecular weight excluding hydrogens is 142 g/mol. The molecule has 3 heteroatoms. The van der Waals surface area contributed by atoms with Gasteiger partial charge in [0.05, 0.1) is 0 Å². The second-order valence-electron chi connectivity index (χ2n) is 3.59. The predicted molar refractivity (Wildman–Crippen MR) is 40.3 cm³/mol. The molecule has 1 aliphatic carbocycles. The molecule has 2 rings (SSSR count). The first-order chi connectivity index (χ1) is 5.27. The van der Waals surface area contributed by atoms with Crippen LogP contribution >= 0.6 is 0 Å². The van der Waals surface area contributed by atoms with Gasteiger partial charge in [0.25, 0.3) is 0 Å². The normalized spacial score (nSPS) is 42.4. The number of carboxylic acid groups (broad SMARTS) is 1. The molecule has 1 unspecified atom stereocenters. The molecule has 3 nitrogen and oxygen atoms in total. The van der Waals surface area contributed by atoms with Crippen molar-refractivity contribution in [3.05, 3.63) is 0 Å². The van der Waals surface area contributed by atoms with Crippen LogP contribution in [0.15, 0.2) is 0 Å². The first kappa shape index (κ1) is 7.10. The van der Waals surface area contributed by atoms with E-state index in [1.54, 1.807) is 0 Å². The van der Waals surface area contributed by atoms with Gasteiger partial charge in [-0.2, -0.15) is 0 Å². The van der Waals surface area contributed by atoms with Crippen LogP contribution in [0.1, 0.15) is 25.7 Å². The molecule has 62 valence electrons. The molecule has 2 aliphatic rings. The predicted octanol–water partition coefficient (Wildman–Crippen LogP) is 0.602. The van der Waals surface area contributed by atoms with E-state index in [9.17, 15) is 4.79 Å². The molecule has 1 saturated carbocycles. The Morgan fingerprint density at radius 3 is 2.91 bits per heavy atom. The van der Waals surface area contributed by atoms with E-state index in [0.717, 1.165) is 6.42 Å². The van der Waals surface area contributed by atoms with Crippen molar-refractivity contribution >= 4 is 5.97 Å². The monoisotopic (exact) mass is 155 g/mol. The van der Waals surface area contributed by atoms with E-state index in [2.05, 4.69) is 5.32 Å². The summed E-state index contributed by atoms with van der Waals surface area (Å²) in [7, 11) is 0. The molecule has 0 radical (unpaired) electrons. The van der Waals surface area contributed by atoms with Crippen LogP contribution in [0.25, 0.3) is 0 Å². The van der Waals surface area contributed by atoms with Gasteiger partial charge in [-0.05, 0) is 25.2 Å². The third kappa shape index (κ3) is 1.13. The topological polar surface area (TPSA) is 49.3 Å². The Morgan fingerprint density at radius 1 is 1.45 bits per heavy atom. The van der Waals surface area contributed by atoms with Gasteiger partial charge < -0.3 is 10.4 Å². The van der Waals surface area contributed by atoms with Crippen LogP contribution in [-0.4, -0.2) is 23.2 Å². The molecule has 0 spiro atoms. The van der Waals surface area contributed by atoms with Crippen LogP contribution in [0.5, 0.6) is 0 Å². The van der Waals surface area contributed by atoms with E-state index in [1.165, 1.54) is 19.3 Å². The van der Waals surface area contributed by atoms with Gasteiger partial charge in [0, 0.05) is 6.04 Å². The SMILES string of the molecule is O=C(O)C1C[C@H]2CCC[C@H]2N1. The minimum atomic E-state index is -0.681. The first-order valence-corrected chi connectivity index (χ1v) is 4.26. The maximum Gasteiger partial charge on any atom is 0.320 e. The van der Waals surface area contributed by atoms with Gasteiger partial charge in [0.1, 0.15) is 6.04 Å². The van der Waals surface area contributed by atoms with Gasteiger partial charge in [0.15, 0.2) is 0 Å². The molecule has 0 bridgehead atoms. The lowest BCUT2D eigenvalue weighted by molar-refractivity contribution is -0.139. The highest BCUT2D eigenvalue weighted by Gasteiger charge is 2.39. The smallest absolute Gasteiger partial charge is 0.320 e. The number of carboxylic acids is 1. The Bertz CT molecular complexity index is 169. The summed E-state index contributed by atoms with van der Waals surface area (Å²) in [6.07, 6.45) is 4.52. The summed E-state index contributed by atoms with van der Waals surface area (Å²) >= 11 is 0. The van der Waals surface area contributed by atoms with Gasteiger partial charge in [-0.25, -0.2) is 0 Å². The number of nitrogens with one attached hydrogen (secondary N) is 1. The van der Waals surface area contributed by atoms with Gasteiger partial charge in [-0.1, -0.05) is 6.42 Å². The van der Waals surface area contributed by atoms with Crippen molar-refractivity contribution in [3.63, 3.8) is 0 Å². The van der Waals surface area contributed by atoms with Crippen LogP contribution < -0.4 is 5.32 Å². The van der Waals surface area contributed by atoms with E-state index < -0.39 is 5.97 Å². The number of fused-ring (bicyclic) bond motifs is 1. The molecule has 0 aromatic heterocycles. The van der Waals surface area contributed by atoms with E-state index in [4.69, 9.17) is 5.11 Å². The number of rotatable bonds is 1. The highest BCUT2D eigenvalue weighted by molar-refractivity contribution is 5.74. The van der Waals surface area contributed by atoms with Crippen LogP contribution in [0, 0.1) is 5.92 Å². The molecule has 0 aromatic rings. The van der Waals surface area contributed by atoms with E-state index in [-0.39, 0.29) is 6.04 Å². The van der Waals surface area contributed by atoms with Crippen molar-refractivity contribution in [2.24, 2.45) is 5.92 Å². The van der Waals surface area contributed by atoms with Crippen LogP contribution in [0.4, 0.5) is 0 Å². The standard InChI is InChI=1S/C8H13NO2/c10-8(11)7-4-5-2-1-3-6(5)9-7/h5-7,9H,1-4H2,(H,10,11)/t5-,6-,7?/m1/s1. The Labute approximate surface area is 65.8 Å². The summed E-state index contributed by atoms with van der Waals surface area (Å²) < 4.78 is 0. The second-order valence-corrected chi connectivity index (χ2v) is 3.59. The van der Waals surface area contributed by atoms with Crippen molar-refractivity contribution < 1.29 is 9.90 Å². The van der Waals surface area contributed by atoms with E-state index in [0.29, 0.717) is 12.0 Å². The molecule has 0 amide bonds. The molecule has 1 heterocycles. The van der Waals surface area contributed by atoms with Crippen molar-refractivity contribution in [2.75, 3.05) is 0 Å². The Morgan fingerprint density at radius 2 is 2.27 bits per heavy atom. The van der Waals surface area contributed by atoms with Gasteiger partial charge in [-0.3, -0.25) is 4.79 Å². The minimum Gasteiger partial charge on any atom is -0.480 e. The number of aliphatic carboxylic acids is 1. The lowest BCUT2D eigenvalue weighted by atomic mass is 10.0. The molecule has 3 atom stereocenters. The Balaban J connectivity index is 1.99. The molecule has 11 heavy (non-hydrogen) atoms. The Kier molecular flexibility index (Phi) is 1.60. The fraction of sp³-hybridized carbons (Fsp3) is 0.875. The zero-order valence-electron chi connectivity index (χ0n) is 6.42. The second kappa shape index (κ2) is 2.48. The third-order valence-corrected chi connectivity index (χ3v) is 2.91. The lowest BCUT2D eigenvalue weighted by Gasteiger charge is -2.07. The van der Waals surface area contributed by atoms with Crippen LogP contribution in [-0.2, 0) is 4.79 Å². The summed E-state index contributed by atoms with van der Waals surface area (Å²) in [4.78, 5) is 10.6. The van der Waals surface area contributed by atoms with Gasteiger partial charge in [-0.15, -0.1) is 0 Å². The van der Waals surface area contributed by atoms with Crippen molar-refractivity contribution in [3.8, 4) is 0 Å². The highest BCUT2D eigenvalue weighted by atomic mass is 16.4. The Hall–Kier alpha value is -0.570. The third-order valence-electron chi connectivity index (χ3n) is 2.91. The zero-order valence-corrected chi connectivity index (χ0v) is 6.42. The summed E-state index contributed by atoms with van der Waals surface area (Å²) in [5.41, 5.74) is 0. The average molecular weight is 155 g/mol. The number of carbonyl (C=O) groups is 1. The molecule has 0 aromatic carbocycles. The van der Waals surface area contributed by atoms with E-state index >= 15 is 0 Å². The van der Waals surface area contributed by atoms with Gasteiger partial charge in [0.2, 0.25) is 0 Å². The van der Waals surface area contributed by atoms with Gasteiger partial charge >= 0.3 is 5.97 Å². The number of hydrogen-bond donors (Lipinski definition) is 2.